The van der Waals surface area contributed by atoms with Gasteiger partial charge in [0.05, 0.1) is 6.54 Å². The average molecular weight is 262 g/mol. The summed E-state index contributed by atoms with van der Waals surface area (Å²) in [7, 11) is 0. The molecule has 0 aliphatic heterocycles. The normalized spacial score (nSPS) is 12.8. The zero-order valence-electron chi connectivity index (χ0n) is 11.5. The number of aliphatic imine (C=N–C) groups is 1. The van der Waals surface area contributed by atoms with Gasteiger partial charge in [-0.05, 0) is 25.5 Å². The quantitative estimate of drug-likeness (QED) is 0.408. The molecule has 0 saturated heterocycles. The molecule has 1 amide bonds. The van der Waals surface area contributed by atoms with Gasteiger partial charge in [0.15, 0.2) is 5.96 Å². The Morgan fingerprint density at radius 3 is 2.68 bits per heavy atom. The minimum Gasteiger partial charge on any atom is -0.370 e. The molecule has 1 atom stereocenters. The minimum absolute atomic E-state index is 0.0933. The molecule has 0 radical (unpaired) electrons. The number of nitrogens with two attached hydrogens (primary N) is 1. The molecule has 1 aromatic carbocycles. The van der Waals surface area contributed by atoms with Gasteiger partial charge < -0.3 is 16.4 Å². The van der Waals surface area contributed by atoms with Crippen LogP contribution in [-0.4, -0.2) is 31.0 Å². The third-order valence-electron chi connectivity index (χ3n) is 2.72. The molecule has 104 valence electrons. The fourth-order valence-electron chi connectivity index (χ4n) is 1.44. The van der Waals surface area contributed by atoms with Gasteiger partial charge in [-0.1, -0.05) is 25.1 Å². The molecule has 0 saturated carbocycles. The molecular weight excluding hydrogens is 240 g/mol. The van der Waals surface area contributed by atoms with Crippen LogP contribution in [0.15, 0.2) is 35.3 Å². The number of rotatable bonds is 6. The molecule has 5 nitrogen and oxygen atoms in total. The van der Waals surface area contributed by atoms with Crippen LogP contribution in [-0.2, 0) is 0 Å². The molecule has 0 aromatic heterocycles. The first-order valence-corrected chi connectivity index (χ1v) is 6.53. The second kappa shape index (κ2) is 8.13. The van der Waals surface area contributed by atoms with Gasteiger partial charge in [-0.3, -0.25) is 9.79 Å². The highest BCUT2D eigenvalue weighted by Crippen LogP contribution is 1.97. The number of nitrogens with zero attached hydrogens (tertiary/aromatic N) is 1. The Morgan fingerprint density at radius 1 is 1.37 bits per heavy atom. The van der Waals surface area contributed by atoms with Crippen molar-refractivity contribution in [3.05, 3.63) is 35.9 Å². The largest absolute Gasteiger partial charge is 0.370 e. The fraction of sp³-hybridized carbons (Fsp3) is 0.429. The predicted octanol–water partition coefficient (Wildman–Crippen LogP) is 1.12. The Hall–Kier alpha value is -2.04. The molecule has 0 spiro atoms. The molecule has 1 aromatic rings. The third-order valence-corrected chi connectivity index (χ3v) is 2.72. The second-order valence-electron chi connectivity index (χ2n) is 4.34. The summed E-state index contributed by atoms with van der Waals surface area (Å²) in [6.07, 6.45) is 0.987. The maximum absolute atomic E-state index is 11.7. The first-order valence-electron chi connectivity index (χ1n) is 6.53. The van der Waals surface area contributed by atoms with Crippen molar-refractivity contribution in [2.75, 3.05) is 13.1 Å². The first kappa shape index (κ1) is 15.0. The lowest BCUT2D eigenvalue weighted by Gasteiger charge is -2.11. The summed E-state index contributed by atoms with van der Waals surface area (Å²) < 4.78 is 0. The van der Waals surface area contributed by atoms with Gasteiger partial charge in [0.2, 0.25) is 0 Å². The van der Waals surface area contributed by atoms with Crippen LogP contribution in [0.5, 0.6) is 0 Å². The van der Waals surface area contributed by atoms with Crippen molar-refractivity contribution in [2.24, 2.45) is 10.7 Å². The van der Waals surface area contributed by atoms with Crippen molar-refractivity contribution < 1.29 is 4.79 Å². The summed E-state index contributed by atoms with van der Waals surface area (Å²) in [5.74, 6) is 0.326. The molecule has 0 aliphatic carbocycles. The monoisotopic (exact) mass is 262 g/mol. The molecule has 5 heteroatoms. The van der Waals surface area contributed by atoms with Crippen LogP contribution in [0.4, 0.5) is 0 Å². The summed E-state index contributed by atoms with van der Waals surface area (Å²) in [5.41, 5.74) is 6.35. The van der Waals surface area contributed by atoms with Crippen molar-refractivity contribution in [1.29, 1.82) is 0 Å². The minimum atomic E-state index is -0.0933. The number of amides is 1. The molecule has 19 heavy (non-hydrogen) atoms. The molecule has 1 unspecified atom stereocenters. The summed E-state index contributed by atoms with van der Waals surface area (Å²) in [4.78, 5) is 15.9. The van der Waals surface area contributed by atoms with Crippen LogP contribution in [0.25, 0.3) is 0 Å². The third kappa shape index (κ3) is 5.90. The fourth-order valence-corrected chi connectivity index (χ4v) is 1.44. The average Bonchev–Trinajstić information content (AvgIpc) is 2.44. The highest BCUT2D eigenvalue weighted by Gasteiger charge is 2.02. The van der Waals surface area contributed by atoms with Crippen molar-refractivity contribution in [3.63, 3.8) is 0 Å². The van der Waals surface area contributed by atoms with Crippen LogP contribution >= 0.6 is 0 Å². The maximum atomic E-state index is 11.7. The number of hydrogen-bond donors (Lipinski definition) is 3. The number of hydrogen-bond acceptors (Lipinski definition) is 2. The molecule has 4 N–H and O–H groups in total. The number of carbonyl (C=O) groups excluding carboxylic acids is 1. The van der Waals surface area contributed by atoms with Gasteiger partial charge in [0.1, 0.15) is 0 Å². The van der Waals surface area contributed by atoms with Crippen LogP contribution in [0, 0.1) is 0 Å². The van der Waals surface area contributed by atoms with E-state index in [1.165, 1.54) is 0 Å². The van der Waals surface area contributed by atoms with Crippen molar-refractivity contribution in [2.45, 2.75) is 26.3 Å². The van der Waals surface area contributed by atoms with E-state index in [2.05, 4.69) is 22.5 Å². The van der Waals surface area contributed by atoms with Crippen LogP contribution in [0.1, 0.15) is 30.6 Å². The van der Waals surface area contributed by atoms with Gasteiger partial charge in [-0.25, -0.2) is 0 Å². The van der Waals surface area contributed by atoms with E-state index in [-0.39, 0.29) is 5.91 Å². The highest BCUT2D eigenvalue weighted by molar-refractivity contribution is 5.94. The van der Waals surface area contributed by atoms with Crippen molar-refractivity contribution in [3.8, 4) is 0 Å². The van der Waals surface area contributed by atoms with E-state index in [0.717, 1.165) is 6.42 Å². The topological polar surface area (TPSA) is 79.5 Å². The highest BCUT2D eigenvalue weighted by atomic mass is 16.1. The van der Waals surface area contributed by atoms with Gasteiger partial charge in [0, 0.05) is 18.2 Å². The number of nitrogens with one attached hydrogen (secondary N) is 2. The van der Waals surface area contributed by atoms with E-state index < -0.39 is 0 Å². The maximum Gasteiger partial charge on any atom is 0.251 e. The lowest BCUT2D eigenvalue weighted by atomic mass is 10.2. The molecule has 0 fully saturated rings. The Morgan fingerprint density at radius 2 is 2.05 bits per heavy atom. The first-order chi connectivity index (χ1) is 9.13. The summed E-state index contributed by atoms with van der Waals surface area (Å²) in [6, 6.07) is 9.40. The predicted molar refractivity (Wildman–Crippen MR) is 78.2 cm³/mol. The number of guanidine groups is 1. The zero-order chi connectivity index (χ0) is 14.1. The van der Waals surface area contributed by atoms with E-state index >= 15 is 0 Å². The van der Waals surface area contributed by atoms with Crippen molar-refractivity contribution >= 4 is 11.9 Å². The summed E-state index contributed by atoms with van der Waals surface area (Å²) in [5, 5.41) is 5.86. The zero-order valence-corrected chi connectivity index (χ0v) is 11.5. The standard InChI is InChI=1S/C14H22N4O/c1-3-11(2)18-14(15)17-10-9-16-13(19)12-7-5-4-6-8-12/h4-8,11H,3,9-10H2,1-2H3,(H,16,19)(H3,15,17,18). The summed E-state index contributed by atoms with van der Waals surface area (Å²) in [6.45, 7) is 5.05. The van der Waals surface area contributed by atoms with E-state index in [4.69, 9.17) is 5.73 Å². The molecular formula is C14H22N4O. The van der Waals surface area contributed by atoms with Gasteiger partial charge in [-0.15, -0.1) is 0 Å². The van der Waals surface area contributed by atoms with Gasteiger partial charge in [0.25, 0.3) is 5.91 Å². The van der Waals surface area contributed by atoms with Crippen LogP contribution in [0.3, 0.4) is 0 Å². The number of benzene rings is 1. The number of carbonyl (C=O) groups is 1. The second-order valence-corrected chi connectivity index (χ2v) is 4.34. The van der Waals surface area contributed by atoms with Gasteiger partial charge in [-0.2, -0.15) is 0 Å². The smallest absolute Gasteiger partial charge is 0.251 e. The Balaban J connectivity index is 2.27. The molecule has 0 heterocycles. The molecule has 1 rings (SSSR count). The van der Waals surface area contributed by atoms with Crippen LogP contribution < -0.4 is 16.4 Å². The Labute approximate surface area is 114 Å². The lowest BCUT2D eigenvalue weighted by Crippen LogP contribution is -2.38. The van der Waals surface area contributed by atoms with Crippen molar-refractivity contribution in [1.82, 2.24) is 10.6 Å². The Bertz CT molecular complexity index is 417. The Kier molecular flexibility index (Phi) is 6.43. The van der Waals surface area contributed by atoms with E-state index in [0.29, 0.717) is 30.7 Å². The molecule has 0 bridgehead atoms. The van der Waals surface area contributed by atoms with Gasteiger partial charge >= 0.3 is 0 Å². The van der Waals surface area contributed by atoms with E-state index in [1.807, 2.05) is 25.1 Å². The van der Waals surface area contributed by atoms with E-state index in [1.54, 1.807) is 12.1 Å². The lowest BCUT2D eigenvalue weighted by molar-refractivity contribution is 0.0955. The van der Waals surface area contributed by atoms with Crippen LogP contribution in [0.2, 0.25) is 0 Å². The summed E-state index contributed by atoms with van der Waals surface area (Å²) >= 11 is 0. The SMILES string of the molecule is CCC(C)NC(N)=NCCNC(=O)c1ccccc1. The van der Waals surface area contributed by atoms with E-state index in [9.17, 15) is 4.79 Å². The molecule has 0 aliphatic rings.